The van der Waals surface area contributed by atoms with Crippen molar-refractivity contribution in [1.29, 1.82) is 0 Å². The quantitative estimate of drug-likeness (QED) is 0.746. The standard InChI is InChI=1S/C13H18FN/c1-12(2)13(3,8-9-15-12)10-6-4-5-7-11(10)14/h4-7,15H,8-9H2,1-3H3. The summed E-state index contributed by atoms with van der Waals surface area (Å²) in [5, 5.41) is 3.45. The molecule has 1 aliphatic heterocycles. The predicted molar refractivity (Wildman–Crippen MR) is 60.5 cm³/mol. The molecule has 1 aromatic rings. The van der Waals surface area contributed by atoms with Crippen LogP contribution in [0.2, 0.25) is 0 Å². The number of rotatable bonds is 1. The van der Waals surface area contributed by atoms with Gasteiger partial charge in [0.15, 0.2) is 0 Å². The van der Waals surface area contributed by atoms with Crippen LogP contribution in [0.15, 0.2) is 24.3 Å². The van der Waals surface area contributed by atoms with Gasteiger partial charge in [-0.05, 0) is 38.4 Å². The fourth-order valence-corrected chi connectivity index (χ4v) is 2.51. The minimum atomic E-state index is -0.113. The topological polar surface area (TPSA) is 12.0 Å². The minimum absolute atomic E-state index is 0.0464. The van der Waals surface area contributed by atoms with E-state index in [0.29, 0.717) is 0 Å². The summed E-state index contributed by atoms with van der Waals surface area (Å²) in [6.07, 6.45) is 0.987. The first-order valence-corrected chi connectivity index (χ1v) is 5.47. The maximum Gasteiger partial charge on any atom is 0.127 e. The summed E-state index contributed by atoms with van der Waals surface area (Å²) >= 11 is 0. The van der Waals surface area contributed by atoms with Gasteiger partial charge < -0.3 is 5.32 Å². The molecule has 1 aliphatic rings. The van der Waals surface area contributed by atoms with E-state index in [0.717, 1.165) is 18.5 Å². The molecule has 2 rings (SSSR count). The number of halogens is 1. The van der Waals surface area contributed by atoms with Crippen molar-refractivity contribution in [3.05, 3.63) is 35.6 Å². The molecular weight excluding hydrogens is 189 g/mol. The average molecular weight is 207 g/mol. The monoisotopic (exact) mass is 207 g/mol. The van der Waals surface area contributed by atoms with Crippen LogP contribution < -0.4 is 5.32 Å². The van der Waals surface area contributed by atoms with Gasteiger partial charge in [-0.3, -0.25) is 0 Å². The smallest absolute Gasteiger partial charge is 0.127 e. The third kappa shape index (κ3) is 1.48. The normalized spacial score (nSPS) is 29.3. The Morgan fingerprint density at radius 3 is 2.40 bits per heavy atom. The molecule has 0 aromatic heterocycles. The van der Waals surface area contributed by atoms with Crippen LogP contribution in [-0.4, -0.2) is 12.1 Å². The van der Waals surface area contributed by atoms with Crippen LogP contribution in [-0.2, 0) is 5.41 Å². The Morgan fingerprint density at radius 2 is 1.87 bits per heavy atom. The first kappa shape index (κ1) is 10.6. The van der Waals surface area contributed by atoms with Gasteiger partial charge in [0.05, 0.1) is 0 Å². The highest BCUT2D eigenvalue weighted by atomic mass is 19.1. The Labute approximate surface area is 90.7 Å². The number of hydrogen-bond donors (Lipinski definition) is 1. The summed E-state index contributed by atoms with van der Waals surface area (Å²) in [6, 6.07) is 7.12. The Bertz CT molecular complexity index is 373. The number of benzene rings is 1. The molecule has 0 saturated carbocycles. The van der Waals surface area contributed by atoms with Crippen LogP contribution in [0.5, 0.6) is 0 Å². The molecule has 1 atom stereocenters. The molecule has 0 amide bonds. The Kier molecular flexibility index (Phi) is 2.34. The Balaban J connectivity index is 2.50. The van der Waals surface area contributed by atoms with Crippen LogP contribution in [0.4, 0.5) is 4.39 Å². The Hall–Kier alpha value is -0.890. The molecule has 1 aromatic carbocycles. The fourth-order valence-electron chi connectivity index (χ4n) is 2.51. The van der Waals surface area contributed by atoms with Gasteiger partial charge in [0, 0.05) is 11.0 Å². The van der Waals surface area contributed by atoms with Gasteiger partial charge in [0.25, 0.3) is 0 Å². The predicted octanol–water partition coefficient (Wildman–Crippen LogP) is 2.86. The second-order valence-corrected chi connectivity index (χ2v) is 5.11. The Morgan fingerprint density at radius 1 is 1.20 bits per heavy atom. The van der Waals surface area contributed by atoms with Crippen molar-refractivity contribution in [1.82, 2.24) is 5.32 Å². The number of nitrogens with one attached hydrogen (secondary N) is 1. The van der Waals surface area contributed by atoms with Crippen molar-refractivity contribution >= 4 is 0 Å². The lowest BCUT2D eigenvalue weighted by Gasteiger charge is -2.38. The van der Waals surface area contributed by atoms with E-state index in [1.807, 2.05) is 12.1 Å². The van der Waals surface area contributed by atoms with Gasteiger partial charge in [-0.2, -0.15) is 0 Å². The molecule has 82 valence electrons. The third-order valence-electron chi connectivity index (χ3n) is 4.04. The molecule has 1 N–H and O–H groups in total. The molecule has 1 fully saturated rings. The van der Waals surface area contributed by atoms with Crippen molar-refractivity contribution < 1.29 is 4.39 Å². The van der Waals surface area contributed by atoms with Crippen molar-refractivity contribution in [2.24, 2.45) is 0 Å². The largest absolute Gasteiger partial charge is 0.311 e. The maximum absolute atomic E-state index is 13.8. The van der Waals surface area contributed by atoms with Gasteiger partial charge >= 0.3 is 0 Å². The van der Waals surface area contributed by atoms with E-state index < -0.39 is 0 Å². The van der Waals surface area contributed by atoms with Crippen LogP contribution in [0.1, 0.15) is 32.8 Å². The van der Waals surface area contributed by atoms with E-state index in [4.69, 9.17) is 0 Å². The van der Waals surface area contributed by atoms with Gasteiger partial charge in [-0.15, -0.1) is 0 Å². The van der Waals surface area contributed by atoms with E-state index in [2.05, 4.69) is 26.1 Å². The van der Waals surface area contributed by atoms with Crippen LogP contribution in [0.3, 0.4) is 0 Å². The van der Waals surface area contributed by atoms with Gasteiger partial charge in [-0.25, -0.2) is 4.39 Å². The van der Waals surface area contributed by atoms with Crippen LogP contribution in [0.25, 0.3) is 0 Å². The van der Waals surface area contributed by atoms with Gasteiger partial charge in [-0.1, -0.05) is 25.1 Å². The first-order valence-electron chi connectivity index (χ1n) is 5.47. The van der Waals surface area contributed by atoms with Gasteiger partial charge in [0.1, 0.15) is 5.82 Å². The second-order valence-electron chi connectivity index (χ2n) is 5.11. The fraction of sp³-hybridized carbons (Fsp3) is 0.538. The van der Waals surface area contributed by atoms with Crippen molar-refractivity contribution in [2.45, 2.75) is 38.1 Å². The van der Waals surface area contributed by atoms with E-state index in [-0.39, 0.29) is 16.8 Å². The summed E-state index contributed by atoms with van der Waals surface area (Å²) in [5.74, 6) is -0.0863. The molecule has 0 spiro atoms. The van der Waals surface area contributed by atoms with Crippen molar-refractivity contribution in [3.8, 4) is 0 Å². The molecule has 2 heteroatoms. The van der Waals surface area contributed by atoms with E-state index >= 15 is 0 Å². The number of hydrogen-bond acceptors (Lipinski definition) is 1. The average Bonchev–Trinajstić information content (AvgIpc) is 2.43. The molecule has 1 unspecified atom stereocenters. The van der Waals surface area contributed by atoms with Crippen molar-refractivity contribution in [2.75, 3.05) is 6.54 Å². The molecular formula is C13H18FN. The highest BCUT2D eigenvalue weighted by molar-refractivity contribution is 5.32. The second kappa shape index (κ2) is 3.31. The molecule has 0 bridgehead atoms. The highest BCUT2D eigenvalue weighted by Crippen LogP contribution is 2.42. The molecule has 15 heavy (non-hydrogen) atoms. The van der Waals surface area contributed by atoms with E-state index in [1.54, 1.807) is 12.1 Å². The first-order chi connectivity index (χ1) is 6.97. The summed E-state index contributed by atoms with van der Waals surface area (Å²) < 4.78 is 13.8. The third-order valence-corrected chi connectivity index (χ3v) is 4.04. The zero-order chi connectivity index (χ0) is 11.1. The molecule has 1 heterocycles. The molecule has 0 aliphatic carbocycles. The van der Waals surface area contributed by atoms with E-state index in [9.17, 15) is 4.39 Å². The zero-order valence-corrected chi connectivity index (χ0v) is 9.60. The van der Waals surface area contributed by atoms with Crippen molar-refractivity contribution in [3.63, 3.8) is 0 Å². The van der Waals surface area contributed by atoms with Crippen LogP contribution in [0, 0.1) is 5.82 Å². The molecule has 1 nitrogen and oxygen atoms in total. The lowest BCUT2D eigenvalue weighted by Crippen LogP contribution is -2.48. The molecule has 1 saturated heterocycles. The SMILES string of the molecule is CC1(C)NCCC1(C)c1ccccc1F. The lowest BCUT2D eigenvalue weighted by molar-refractivity contribution is 0.288. The summed E-state index contributed by atoms with van der Waals surface area (Å²) in [4.78, 5) is 0. The lowest BCUT2D eigenvalue weighted by atomic mass is 9.69. The molecule has 0 radical (unpaired) electrons. The van der Waals surface area contributed by atoms with Gasteiger partial charge in [0.2, 0.25) is 0 Å². The van der Waals surface area contributed by atoms with Crippen LogP contribution >= 0.6 is 0 Å². The summed E-state index contributed by atoms with van der Waals surface area (Å²) in [6.45, 7) is 7.39. The maximum atomic E-state index is 13.8. The summed E-state index contributed by atoms with van der Waals surface area (Å²) in [5.41, 5.74) is 0.674. The van der Waals surface area contributed by atoms with E-state index in [1.165, 1.54) is 0 Å². The highest BCUT2D eigenvalue weighted by Gasteiger charge is 2.47. The zero-order valence-electron chi connectivity index (χ0n) is 9.60. The minimum Gasteiger partial charge on any atom is -0.311 e. The summed E-state index contributed by atoms with van der Waals surface area (Å²) in [7, 11) is 0.